The normalized spacial score (nSPS) is 14.1. The zero-order chi connectivity index (χ0) is 42.9. The van der Waals surface area contributed by atoms with Crippen LogP contribution in [0.1, 0.15) is 125 Å². The first kappa shape index (κ1) is 38.6. The lowest BCUT2D eigenvalue weighted by Gasteiger charge is -2.36. The van der Waals surface area contributed by atoms with Gasteiger partial charge in [0.15, 0.2) is 6.20 Å². The van der Waals surface area contributed by atoms with Crippen molar-refractivity contribution in [2.75, 3.05) is 0 Å². The van der Waals surface area contributed by atoms with E-state index in [4.69, 9.17) is 0 Å². The van der Waals surface area contributed by atoms with Gasteiger partial charge in [-0.1, -0.05) is 133 Å². The van der Waals surface area contributed by atoms with Crippen molar-refractivity contribution < 1.29 is 4.57 Å². The summed E-state index contributed by atoms with van der Waals surface area (Å²) in [5.74, 6) is 0. The van der Waals surface area contributed by atoms with Gasteiger partial charge < -0.3 is 9.13 Å². The molecule has 0 unspecified atom stereocenters. The Morgan fingerprint density at radius 3 is 1.54 bits per heavy atom. The van der Waals surface area contributed by atoms with E-state index in [2.05, 4.69) is 201 Å². The molecular formula is C57H61BN3+. The number of rotatable bonds is 3. The molecule has 0 radical (unpaired) electrons. The summed E-state index contributed by atoms with van der Waals surface area (Å²) in [6.45, 7) is 31.8. The van der Waals surface area contributed by atoms with Crippen molar-refractivity contribution in [2.24, 2.45) is 0 Å². The summed E-state index contributed by atoms with van der Waals surface area (Å²) < 4.78 is 7.96. The molecule has 0 atom stereocenters. The molecule has 2 aliphatic rings. The van der Waals surface area contributed by atoms with E-state index in [-0.39, 0.29) is 28.4 Å². The fraction of sp³-hybridized carbons (Fsp3) is 0.351. The van der Waals surface area contributed by atoms with Crippen LogP contribution in [0.5, 0.6) is 0 Å². The second-order valence-corrected chi connectivity index (χ2v) is 22.8. The molecule has 9 aromatic rings. The predicted octanol–water partition coefficient (Wildman–Crippen LogP) is 12.6. The van der Waals surface area contributed by atoms with Gasteiger partial charge in [-0.2, -0.15) is 4.57 Å². The van der Waals surface area contributed by atoms with E-state index in [0.717, 1.165) is 19.4 Å². The number of para-hydroxylation sites is 1. The summed E-state index contributed by atoms with van der Waals surface area (Å²) in [4.78, 5) is 0. The zero-order valence-corrected chi connectivity index (χ0v) is 38.8. The van der Waals surface area contributed by atoms with Crippen molar-refractivity contribution >= 4 is 88.4 Å². The molecule has 0 amide bonds. The summed E-state index contributed by atoms with van der Waals surface area (Å²) in [6, 6.07) is 36.7. The minimum absolute atomic E-state index is 0.0245. The van der Waals surface area contributed by atoms with Gasteiger partial charge in [-0.3, -0.25) is 0 Å². The fourth-order valence-corrected chi connectivity index (χ4v) is 11.0. The number of hydrogen-bond donors (Lipinski definition) is 0. The monoisotopic (exact) mass is 798 g/mol. The Labute approximate surface area is 362 Å². The lowest BCUT2D eigenvalue weighted by atomic mass is 9.33. The highest BCUT2D eigenvalue weighted by Gasteiger charge is 2.44. The van der Waals surface area contributed by atoms with E-state index < -0.39 is 0 Å². The van der Waals surface area contributed by atoms with Crippen LogP contribution < -0.4 is 21.0 Å². The Bertz CT molecular complexity index is 3380. The van der Waals surface area contributed by atoms with Crippen molar-refractivity contribution in [3.8, 4) is 11.4 Å². The van der Waals surface area contributed by atoms with E-state index in [9.17, 15) is 0 Å². The number of aryl methyl sites for hydroxylation is 1. The molecule has 6 aromatic carbocycles. The maximum atomic E-state index is 2.72. The highest BCUT2D eigenvalue weighted by atomic mass is 15.0. The third-order valence-electron chi connectivity index (χ3n) is 14.5. The van der Waals surface area contributed by atoms with Crippen LogP contribution in [0, 0.1) is 0 Å². The van der Waals surface area contributed by atoms with Crippen LogP contribution >= 0.6 is 0 Å². The molecule has 0 saturated heterocycles. The van der Waals surface area contributed by atoms with Crippen LogP contribution in [0.15, 0.2) is 97.2 Å². The predicted molar refractivity (Wildman–Crippen MR) is 265 cm³/mol. The lowest BCUT2D eigenvalue weighted by Crippen LogP contribution is -2.60. The maximum absolute atomic E-state index is 2.72. The Hall–Kier alpha value is -5.35. The van der Waals surface area contributed by atoms with Gasteiger partial charge in [0.1, 0.15) is 6.54 Å². The highest BCUT2D eigenvalue weighted by molar-refractivity contribution is 7.00. The van der Waals surface area contributed by atoms with Gasteiger partial charge in [-0.15, -0.1) is 0 Å². The van der Waals surface area contributed by atoms with E-state index in [1.54, 1.807) is 0 Å². The summed E-state index contributed by atoms with van der Waals surface area (Å²) >= 11 is 0. The van der Waals surface area contributed by atoms with Crippen LogP contribution in [0.4, 0.5) is 0 Å². The highest BCUT2D eigenvalue weighted by Crippen LogP contribution is 2.45. The molecular weight excluding hydrogens is 737 g/mol. The fourth-order valence-electron chi connectivity index (χ4n) is 11.0. The standard InChI is InChI=1S/C57H61BN3/c1-14-15-24-59-32-43-38(37-18-16-17-19-46(37)59)31-49-50-53(43)61-48-23-21-34(55(5,6)7)26-40(48)42-28-36(57(11,12)13)30-45(52(42)61)58(50)44-29-35(56(8,9)10)27-41-39-25-33(54(2,3)4)20-22-47(39)60(49)51(41)44/h16-23,25-32H,14-15,24H2,1-13H3/q+1. The summed E-state index contributed by atoms with van der Waals surface area (Å²) in [5.41, 5.74) is 19.1. The summed E-state index contributed by atoms with van der Waals surface area (Å²) in [5, 5.41) is 9.42. The van der Waals surface area contributed by atoms with Crippen LogP contribution in [0.25, 0.3) is 76.7 Å². The van der Waals surface area contributed by atoms with Crippen LogP contribution in [-0.2, 0) is 28.2 Å². The molecule has 0 N–H and O–H groups in total. The second-order valence-electron chi connectivity index (χ2n) is 22.8. The third kappa shape index (κ3) is 5.39. The quantitative estimate of drug-likeness (QED) is 0.0960. The topological polar surface area (TPSA) is 13.7 Å². The number of nitrogens with zero attached hydrogens (tertiary/aromatic N) is 3. The SMILES string of the molecule is CCCC[n+]1cc2c3c4c(cc2c2ccccc21)-n1c2ccc(C(C)(C)C)cc2c2cc(C(C)(C)C)cc(c21)B4c1cc(C(C)(C)C)cc2c4cc(C(C)(C)C)ccc4n-3c12. The van der Waals surface area contributed by atoms with Gasteiger partial charge in [0.2, 0.25) is 5.52 Å². The number of unbranched alkanes of at least 4 members (excludes halogenated alkanes) is 1. The van der Waals surface area contributed by atoms with Crippen LogP contribution in [0.2, 0.25) is 0 Å². The van der Waals surface area contributed by atoms with E-state index >= 15 is 0 Å². The first-order valence-corrected chi connectivity index (χ1v) is 22.9. The smallest absolute Gasteiger partial charge is 0.252 e. The molecule has 3 nitrogen and oxygen atoms in total. The zero-order valence-electron chi connectivity index (χ0n) is 38.8. The van der Waals surface area contributed by atoms with Gasteiger partial charge >= 0.3 is 0 Å². The van der Waals surface area contributed by atoms with Gasteiger partial charge in [0, 0.05) is 56.1 Å². The van der Waals surface area contributed by atoms with Crippen LogP contribution in [0.3, 0.4) is 0 Å². The first-order chi connectivity index (χ1) is 28.8. The lowest BCUT2D eigenvalue weighted by molar-refractivity contribution is -0.670. The number of aromatic nitrogens is 3. The van der Waals surface area contributed by atoms with Gasteiger partial charge in [-0.25, -0.2) is 0 Å². The van der Waals surface area contributed by atoms with Crippen molar-refractivity contribution in [1.82, 2.24) is 9.13 Å². The molecule has 0 aliphatic carbocycles. The summed E-state index contributed by atoms with van der Waals surface area (Å²) in [7, 11) is 0. The second kappa shape index (κ2) is 12.4. The average Bonchev–Trinajstić information content (AvgIpc) is 3.71. The Balaban J connectivity index is 1.43. The largest absolute Gasteiger partial charge is 0.310 e. The van der Waals surface area contributed by atoms with E-state index in [1.165, 1.54) is 115 Å². The minimum Gasteiger partial charge on any atom is -0.310 e. The number of pyridine rings is 1. The summed E-state index contributed by atoms with van der Waals surface area (Å²) in [6.07, 6.45) is 4.82. The Kier molecular flexibility index (Phi) is 7.84. The van der Waals surface area contributed by atoms with Crippen molar-refractivity contribution in [2.45, 2.75) is 131 Å². The molecule has 3 aromatic heterocycles. The number of benzene rings is 6. The van der Waals surface area contributed by atoms with E-state index in [0.29, 0.717) is 0 Å². The first-order valence-electron chi connectivity index (χ1n) is 22.9. The number of hydrogen-bond acceptors (Lipinski definition) is 0. The molecule has 2 aliphatic heterocycles. The Morgan fingerprint density at radius 1 is 0.492 bits per heavy atom. The molecule has 61 heavy (non-hydrogen) atoms. The van der Waals surface area contributed by atoms with Crippen molar-refractivity contribution in [3.05, 3.63) is 119 Å². The van der Waals surface area contributed by atoms with Gasteiger partial charge in [0.05, 0.1) is 27.5 Å². The Morgan fingerprint density at radius 2 is 1.00 bits per heavy atom. The molecule has 11 rings (SSSR count). The minimum atomic E-state index is -0.0352. The van der Waals surface area contributed by atoms with Gasteiger partial charge in [-0.05, 0) is 109 Å². The molecule has 0 spiro atoms. The average molecular weight is 799 g/mol. The molecule has 0 bridgehead atoms. The van der Waals surface area contributed by atoms with Gasteiger partial charge in [0.25, 0.3) is 6.71 Å². The maximum Gasteiger partial charge on any atom is 0.252 e. The number of fused-ring (bicyclic) bond motifs is 14. The molecule has 306 valence electrons. The van der Waals surface area contributed by atoms with Crippen molar-refractivity contribution in [3.63, 3.8) is 0 Å². The van der Waals surface area contributed by atoms with Crippen molar-refractivity contribution in [1.29, 1.82) is 0 Å². The molecule has 5 heterocycles. The molecule has 4 heteroatoms. The molecule has 0 saturated carbocycles. The van der Waals surface area contributed by atoms with E-state index in [1.807, 2.05) is 0 Å². The molecule has 0 fully saturated rings. The van der Waals surface area contributed by atoms with Crippen LogP contribution in [-0.4, -0.2) is 15.8 Å². The third-order valence-corrected chi connectivity index (χ3v) is 14.5.